The van der Waals surface area contributed by atoms with Crippen LogP contribution >= 0.6 is 0 Å². The third-order valence-electron chi connectivity index (χ3n) is 0. The minimum absolute atomic E-state index is 0. The van der Waals surface area contributed by atoms with Crippen LogP contribution in [-0.4, -0.2) is 18.9 Å². The van der Waals surface area contributed by atoms with Gasteiger partial charge in [0.2, 0.25) is 0 Å². The van der Waals surface area contributed by atoms with Gasteiger partial charge in [-0.25, -0.2) is 0 Å². The van der Waals surface area contributed by atoms with Gasteiger partial charge in [-0.05, 0) is 0 Å². The van der Waals surface area contributed by atoms with Gasteiger partial charge in [0.1, 0.15) is 0 Å². The molecule has 0 amide bonds. The molecule has 0 atom stereocenters. The average Bonchev–Trinajstić information content (AvgIpc) is 0.918. The molecule has 0 bridgehead atoms. The number of rotatable bonds is 0. The van der Waals surface area contributed by atoms with E-state index in [2.05, 4.69) is 0 Å². The van der Waals surface area contributed by atoms with Crippen molar-refractivity contribution in [1.82, 2.24) is 0 Å². The summed E-state index contributed by atoms with van der Waals surface area (Å²) in [7, 11) is 0. The van der Waals surface area contributed by atoms with E-state index in [1.54, 1.807) is 0 Å². The molecule has 0 saturated carbocycles. The summed E-state index contributed by atoms with van der Waals surface area (Å²) in [5.41, 5.74) is 0. The molecule has 0 aliphatic rings. The summed E-state index contributed by atoms with van der Waals surface area (Å²) in [6.07, 6.45) is 0. The standard InChI is InChI=1S/Cu.Li.HNO2.H/c;;2-1-3;/h;;1H;. The Morgan fingerprint density at radius 3 is 1.60 bits per heavy atom. The summed E-state index contributed by atoms with van der Waals surface area (Å²) in [6.45, 7) is 0. The third-order valence-corrected chi connectivity index (χ3v) is 0. The maximum absolute atomic E-state index is 8.12. The molecule has 0 spiro atoms. The Kier molecular flexibility index (Phi) is 86.3. The van der Waals surface area contributed by atoms with Crippen LogP contribution in [0.5, 0.6) is 0 Å². The molecule has 0 heterocycles. The van der Waals surface area contributed by atoms with Crippen molar-refractivity contribution in [2.24, 2.45) is 0 Å². The van der Waals surface area contributed by atoms with E-state index in [1.807, 2.05) is 0 Å². The first-order valence-corrected chi connectivity index (χ1v) is 0.408. The van der Waals surface area contributed by atoms with Crippen molar-refractivity contribution in [3.8, 4) is 0 Å². The Labute approximate surface area is 51.7 Å². The van der Waals surface area contributed by atoms with E-state index in [0.717, 1.165) is 0 Å². The molecule has 0 unspecified atom stereocenters. The Morgan fingerprint density at radius 2 is 1.60 bits per heavy atom. The molecule has 0 saturated heterocycles. The topological polar surface area (TPSA) is 54.1 Å². The molecule has 5 heteroatoms. The Balaban J connectivity index is -0.0000000200. The summed E-state index contributed by atoms with van der Waals surface area (Å²) in [5, 5.41) is 8.38. The van der Waals surface area contributed by atoms with Gasteiger partial charge in [0.25, 0.3) is 0 Å². The Bertz CT molecular complexity index is 17.1. The Morgan fingerprint density at radius 1 is 1.60 bits per heavy atom. The molecule has 0 aliphatic carbocycles. The number of hydrogen-bond donors (Lipinski definition) is 1. The van der Waals surface area contributed by atoms with Crippen LogP contribution in [-0.2, 0) is 17.1 Å². The summed E-state index contributed by atoms with van der Waals surface area (Å²) < 4.78 is 0. The zero-order valence-electron chi connectivity index (χ0n) is 1.62. The molecule has 0 aromatic carbocycles. The molecule has 5 heavy (non-hydrogen) atoms. The summed E-state index contributed by atoms with van der Waals surface area (Å²) in [4.78, 5) is 8.12. The van der Waals surface area contributed by atoms with Gasteiger partial charge in [0, 0.05) is 22.4 Å². The Hall–Kier alpha value is 0.517. The molecule has 0 fully saturated rings. The second kappa shape index (κ2) is 24.3. The molecule has 0 aromatic heterocycles. The van der Waals surface area contributed by atoms with Gasteiger partial charge in [0.05, 0.1) is 0 Å². The third kappa shape index (κ3) is 107. The van der Waals surface area contributed by atoms with Crippen molar-refractivity contribution < 1.29 is 22.4 Å². The number of nitrogens with one attached hydrogen (secondary N) is 1. The van der Waals surface area contributed by atoms with Gasteiger partial charge >= 0.3 is 18.9 Å². The molecule has 0 rings (SSSR count). The molecular weight excluding hydrogens is 116 g/mol. The predicted molar refractivity (Wildman–Crippen MR) is 14.8 cm³/mol. The molecule has 0 aromatic rings. The second-order valence-electron chi connectivity index (χ2n) is 0.0833. The zero-order chi connectivity index (χ0) is 2.71. The monoisotopic (exact) mass is 118 g/mol. The van der Waals surface area contributed by atoms with E-state index in [9.17, 15) is 0 Å². The van der Waals surface area contributed by atoms with E-state index in [-0.39, 0.29) is 41.3 Å². The fraction of sp³-hybridized carbons (Fsp3) is 0. The van der Waals surface area contributed by atoms with Crippen molar-refractivity contribution in [3.05, 3.63) is 10.1 Å². The SMILES string of the molecule is O=[NH+][O-].[Cu].[LiH]. The second-order valence-corrected chi connectivity index (χ2v) is 0.0833. The summed E-state index contributed by atoms with van der Waals surface area (Å²) in [6, 6.07) is 0. The van der Waals surface area contributed by atoms with Crippen molar-refractivity contribution in [1.29, 1.82) is 0 Å². The fourth-order valence-electron chi connectivity index (χ4n) is 0. The van der Waals surface area contributed by atoms with Crippen molar-refractivity contribution in [3.63, 3.8) is 0 Å². The first-order chi connectivity index (χ1) is 1.41. The van der Waals surface area contributed by atoms with Crippen molar-refractivity contribution in [2.45, 2.75) is 0 Å². The van der Waals surface area contributed by atoms with E-state index in [4.69, 9.17) is 10.1 Å². The van der Waals surface area contributed by atoms with Crippen LogP contribution in [0.3, 0.4) is 0 Å². The first kappa shape index (κ1) is 17.8. The van der Waals surface area contributed by atoms with Crippen molar-refractivity contribution >= 4 is 18.9 Å². The van der Waals surface area contributed by atoms with Crippen molar-refractivity contribution in [2.75, 3.05) is 0 Å². The van der Waals surface area contributed by atoms with Gasteiger partial charge in [0.15, 0.2) is 0 Å². The van der Waals surface area contributed by atoms with Gasteiger partial charge in [-0.15, -0.1) is 0 Å². The fourth-order valence-corrected chi connectivity index (χ4v) is 0. The predicted octanol–water partition coefficient (Wildman–Crippen LogP) is -2.32. The van der Waals surface area contributed by atoms with Crippen LogP contribution in [0.1, 0.15) is 0 Å². The molecular formula is H2CuLiNO2. The summed E-state index contributed by atoms with van der Waals surface area (Å²) in [5.74, 6) is 0. The van der Waals surface area contributed by atoms with Gasteiger partial charge in [-0.2, -0.15) is 0 Å². The van der Waals surface area contributed by atoms with Crippen LogP contribution in [0.15, 0.2) is 0 Å². The molecule has 1 radical (unpaired) electrons. The van der Waals surface area contributed by atoms with E-state index >= 15 is 0 Å². The average molecular weight is 119 g/mol. The normalized spacial score (nSPS) is 2.40. The molecule has 0 aliphatic heterocycles. The zero-order valence-corrected chi connectivity index (χ0v) is 2.56. The molecule has 31 valence electrons. The number of hydrogen-bond acceptors (Lipinski definition) is 2. The first-order valence-electron chi connectivity index (χ1n) is 0.408. The van der Waals surface area contributed by atoms with Gasteiger partial charge in [-0.3, -0.25) is 10.1 Å². The van der Waals surface area contributed by atoms with Crippen LogP contribution in [0.4, 0.5) is 0 Å². The quantitative estimate of drug-likeness (QED) is 0.221. The van der Waals surface area contributed by atoms with E-state index in [0.29, 0.717) is 0 Å². The van der Waals surface area contributed by atoms with E-state index in [1.165, 1.54) is 0 Å². The van der Waals surface area contributed by atoms with Crippen LogP contribution in [0.25, 0.3) is 0 Å². The summed E-state index contributed by atoms with van der Waals surface area (Å²) >= 11 is 0. The maximum atomic E-state index is 8.12. The van der Waals surface area contributed by atoms with Gasteiger partial charge in [-0.1, -0.05) is 0 Å². The minimum atomic E-state index is 0. The van der Waals surface area contributed by atoms with E-state index < -0.39 is 0 Å². The molecule has 1 N–H and O–H groups in total. The van der Waals surface area contributed by atoms with Crippen LogP contribution < -0.4 is 5.34 Å². The van der Waals surface area contributed by atoms with Crippen LogP contribution in [0.2, 0.25) is 0 Å². The van der Waals surface area contributed by atoms with Crippen LogP contribution in [0, 0.1) is 10.1 Å². The van der Waals surface area contributed by atoms with Gasteiger partial charge < -0.3 is 0 Å². The molecule has 3 nitrogen and oxygen atoms in total.